The second-order valence-corrected chi connectivity index (χ2v) is 11.7. The number of phenols is 1. The van der Waals surface area contributed by atoms with E-state index in [9.17, 15) is 24.8 Å². The molecule has 0 fully saturated rings. The zero-order valence-electron chi connectivity index (χ0n) is 25.8. The minimum atomic E-state index is -1.19. The Kier molecular flexibility index (Phi) is 10.5. The zero-order valence-corrected chi connectivity index (χ0v) is 25.8. The lowest BCUT2D eigenvalue weighted by atomic mass is 9.97. The third-order valence-electron chi connectivity index (χ3n) is 7.03. The van der Waals surface area contributed by atoms with E-state index in [4.69, 9.17) is 4.74 Å². The molecule has 3 amide bonds. The molecule has 226 valence electrons. The Bertz CT molecular complexity index is 1500. The molecule has 0 saturated carbocycles. The molecule has 2 unspecified atom stereocenters. The lowest BCUT2D eigenvalue weighted by molar-refractivity contribution is -0.140. The molecule has 0 aliphatic heterocycles. The first kappa shape index (κ1) is 32.7. The Morgan fingerprint density at radius 2 is 1.56 bits per heavy atom. The van der Waals surface area contributed by atoms with Gasteiger partial charge in [0.1, 0.15) is 30.0 Å². The summed E-state index contributed by atoms with van der Waals surface area (Å²) in [5.74, 6) is -1.08. The Labute approximate surface area is 253 Å². The molecule has 0 spiro atoms. The van der Waals surface area contributed by atoms with Crippen LogP contribution in [-0.4, -0.2) is 46.1 Å². The van der Waals surface area contributed by atoms with E-state index in [1.165, 1.54) is 17.0 Å². The predicted molar refractivity (Wildman–Crippen MR) is 165 cm³/mol. The van der Waals surface area contributed by atoms with Crippen molar-refractivity contribution in [1.82, 2.24) is 10.2 Å². The number of aryl methyl sites for hydroxylation is 4. The summed E-state index contributed by atoms with van der Waals surface area (Å²) < 4.78 is 5.44. The molecule has 3 aromatic carbocycles. The maximum absolute atomic E-state index is 14.3. The van der Waals surface area contributed by atoms with E-state index >= 15 is 0 Å². The molecular weight excluding hydrogens is 544 g/mol. The highest BCUT2D eigenvalue weighted by molar-refractivity contribution is 6.00. The van der Waals surface area contributed by atoms with Gasteiger partial charge in [-0.15, -0.1) is 0 Å². The van der Waals surface area contributed by atoms with Crippen LogP contribution in [0.1, 0.15) is 60.2 Å². The first-order chi connectivity index (χ1) is 20.2. The molecule has 0 aliphatic rings. The molecule has 3 rings (SSSR count). The number of para-hydroxylation sites is 1. The van der Waals surface area contributed by atoms with Gasteiger partial charge in [0.15, 0.2) is 0 Å². The fourth-order valence-electron chi connectivity index (χ4n) is 4.70. The summed E-state index contributed by atoms with van der Waals surface area (Å²) >= 11 is 0. The van der Waals surface area contributed by atoms with Gasteiger partial charge in [0.2, 0.25) is 5.91 Å². The number of amides is 3. The van der Waals surface area contributed by atoms with Crippen molar-refractivity contribution in [1.29, 1.82) is 5.26 Å². The minimum Gasteiger partial charge on any atom is -0.508 e. The van der Waals surface area contributed by atoms with Crippen molar-refractivity contribution in [3.8, 4) is 11.8 Å². The number of nitriles is 1. The molecule has 43 heavy (non-hydrogen) atoms. The molecule has 0 heterocycles. The summed E-state index contributed by atoms with van der Waals surface area (Å²) in [7, 11) is 0. The maximum atomic E-state index is 14.3. The number of nitrogens with one attached hydrogen (secondary N) is 2. The van der Waals surface area contributed by atoms with E-state index in [0.717, 1.165) is 22.3 Å². The topological polar surface area (TPSA) is 132 Å². The van der Waals surface area contributed by atoms with E-state index in [1.807, 2.05) is 64.1 Å². The number of hydrogen-bond donors (Lipinski definition) is 3. The van der Waals surface area contributed by atoms with Crippen LogP contribution in [0.25, 0.3) is 0 Å². The second kappa shape index (κ2) is 13.9. The summed E-state index contributed by atoms with van der Waals surface area (Å²) in [6, 6.07) is 17.0. The molecular formula is C34H40N4O5. The number of alkyl carbamates (subject to hydrolysis) is 1. The monoisotopic (exact) mass is 584 g/mol. The summed E-state index contributed by atoms with van der Waals surface area (Å²) in [4.78, 5) is 42.5. The summed E-state index contributed by atoms with van der Waals surface area (Å²) in [5, 5.41) is 25.3. The van der Waals surface area contributed by atoms with Crippen LogP contribution in [0.5, 0.6) is 5.75 Å². The van der Waals surface area contributed by atoms with E-state index in [1.54, 1.807) is 39.0 Å². The largest absolute Gasteiger partial charge is 0.508 e. The zero-order chi connectivity index (χ0) is 31.9. The number of carbonyl (C=O) groups is 3. The smallest absolute Gasteiger partial charge is 0.408 e. The van der Waals surface area contributed by atoms with Gasteiger partial charge in [0, 0.05) is 12.1 Å². The van der Waals surface area contributed by atoms with E-state index in [0.29, 0.717) is 16.8 Å². The van der Waals surface area contributed by atoms with Crippen molar-refractivity contribution in [3.63, 3.8) is 0 Å². The SMILES string of the molecule is Cc1ccc(C(C(=O)Nc2c(C)cccc2C)N(CC#N)C(=O)C(Cc2ccc(O)cc2)NC(=O)OC(C)(C)C)cc1C. The fourth-order valence-corrected chi connectivity index (χ4v) is 4.70. The molecule has 9 nitrogen and oxygen atoms in total. The molecule has 3 aromatic rings. The Hall–Kier alpha value is -4.84. The van der Waals surface area contributed by atoms with Gasteiger partial charge in [0.05, 0.1) is 6.07 Å². The lowest BCUT2D eigenvalue weighted by Gasteiger charge is -2.33. The molecule has 0 bridgehead atoms. The molecule has 0 aliphatic carbocycles. The van der Waals surface area contributed by atoms with Gasteiger partial charge < -0.3 is 25.4 Å². The van der Waals surface area contributed by atoms with Gasteiger partial charge in [0.25, 0.3) is 5.91 Å². The van der Waals surface area contributed by atoms with Gasteiger partial charge in [-0.2, -0.15) is 5.26 Å². The summed E-state index contributed by atoms with van der Waals surface area (Å²) in [6.07, 6.45) is -0.789. The standard InChI is InChI=1S/C34H40N4O5/c1-21-11-14-26(19-24(21)4)30(31(40)37-29-22(2)9-8-10-23(29)3)38(18-17-35)32(41)28(36-33(42)43-34(5,6)7)20-25-12-15-27(39)16-13-25/h8-16,19,28,30,39H,18,20H2,1-7H3,(H,36,42)(H,37,40). The Balaban J connectivity index is 2.10. The van der Waals surface area contributed by atoms with Crippen LogP contribution in [0.3, 0.4) is 0 Å². The molecule has 0 aromatic heterocycles. The van der Waals surface area contributed by atoms with Gasteiger partial charge >= 0.3 is 6.09 Å². The number of aromatic hydroxyl groups is 1. The molecule has 9 heteroatoms. The van der Waals surface area contributed by atoms with Crippen molar-refractivity contribution in [3.05, 3.63) is 94.0 Å². The Morgan fingerprint density at radius 3 is 2.12 bits per heavy atom. The number of hydrogen-bond acceptors (Lipinski definition) is 6. The van der Waals surface area contributed by atoms with Crippen LogP contribution in [0.4, 0.5) is 10.5 Å². The third kappa shape index (κ3) is 8.82. The van der Waals surface area contributed by atoms with Crippen LogP contribution in [0, 0.1) is 39.0 Å². The summed E-state index contributed by atoms with van der Waals surface area (Å²) in [6.45, 7) is 12.3. The predicted octanol–water partition coefficient (Wildman–Crippen LogP) is 5.79. The fraction of sp³-hybridized carbons (Fsp3) is 0.353. The van der Waals surface area contributed by atoms with Gasteiger partial charge in [-0.1, -0.05) is 48.5 Å². The molecule has 3 N–H and O–H groups in total. The number of nitrogens with zero attached hydrogens (tertiary/aromatic N) is 2. The lowest BCUT2D eigenvalue weighted by Crippen LogP contribution is -2.53. The van der Waals surface area contributed by atoms with Crippen LogP contribution >= 0.6 is 0 Å². The number of phenolic OH excluding ortho intramolecular Hbond substituents is 1. The van der Waals surface area contributed by atoms with Crippen LogP contribution < -0.4 is 10.6 Å². The first-order valence-electron chi connectivity index (χ1n) is 14.1. The number of carbonyl (C=O) groups excluding carboxylic acids is 3. The molecule has 0 saturated heterocycles. The number of ether oxygens (including phenoxy) is 1. The quantitative estimate of drug-likeness (QED) is 0.273. The van der Waals surface area contributed by atoms with Crippen molar-refractivity contribution >= 4 is 23.6 Å². The number of benzene rings is 3. The van der Waals surface area contributed by atoms with Crippen LogP contribution in [0.15, 0.2) is 60.7 Å². The van der Waals surface area contributed by atoms with E-state index in [2.05, 4.69) is 10.6 Å². The average molecular weight is 585 g/mol. The highest BCUT2D eigenvalue weighted by atomic mass is 16.6. The highest BCUT2D eigenvalue weighted by Crippen LogP contribution is 2.28. The second-order valence-electron chi connectivity index (χ2n) is 11.7. The van der Waals surface area contributed by atoms with Crippen molar-refractivity contribution < 1.29 is 24.2 Å². The van der Waals surface area contributed by atoms with Gasteiger partial charge in [-0.25, -0.2) is 4.79 Å². The van der Waals surface area contributed by atoms with Crippen LogP contribution in [-0.2, 0) is 20.7 Å². The summed E-state index contributed by atoms with van der Waals surface area (Å²) in [5.41, 5.74) is 4.59. The Morgan fingerprint density at radius 1 is 0.930 bits per heavy atom. The number of anilines is 1. The van der Waals surface area contributed by atoms with Gasteiger partial charge in [-0.05, 0) is 94.0 Å². The van der Waals surface area contributed by atoms with Crippen molar-refractivity contribution in [2.75, 3.05) is 11.9 Å². The van der Waals surface area contributed by atoms with E-state index in [-0.39, 0.29) is 12.2 Å². The normalized spacial score (nSPS) is 12.4. The van der Waals surface area contributed by atoms with E-state index < -0.39 is 42.1 Å². The van der Waals surface area contributed by atoms with Crippen molar-refractivity contribution in [2.24, 2.45) is 0 Å². The molecule has 2 atom stereocenters. The van der Waals surface area contributed by atoms with Gasteiger partial charge in [-0.3, -0.25) is 9.59 Å². The highest BCUT2D eigenvalue weighted by Gasteiger charge is 2.37. The third-order valence-corrected chi connectivity index (χ3v) is 7.03. The first-order valence-corrected chi connectivity index (χ1v) is 14.1. The van der Waals surface area contributed by atoms with Crippen molar-refractivity contribution in [2.45, 2.75) is 72.6 Å². The average Bonchev–Trinajstić information content (AvgIpc) is 2.92. The molecule has 0 radical (unpaired) electrons. The number of rotatable bonds is 9. The maximum Gasteiger partial charge on any atom is 0.408 e. The minimum absolute atomic E-state index is 0.0262. The van der Waals surface area contributed by atoms with Crippen LogP contribution in [0.2, 0.25) is 0 Å².